The van der Waals surface area contributed by atoms with Gasteiger partial charge in [0.2, 0.25) is 15.8 Å². The minimum Gasteiger partial charge on any atom is -0.360 e. The molecule has 136 valence electrons. The number of anilines is 1. The molecule has 1 aliphatic heterocycles. The van der Waals surface area contributed by atoms with Crippen LogP contribution in [-0.2, 0) is 10.0 Å². The van der Waals surface area contributed by atoms with E-state index in [1.807, 2.05) is 6.07 Å². The average molecular weight is 373 g/mol. The molecule has 0 atom stereocenters. The van der Waals surface area contributed by atoms with Gasteiger partial charge < -0.3 is 5.32 Å². The number of allylic oxidation sites excluding steroid dienone is 1. The molecular formula is C16H19N7O2S. The fourth-order valence-corrected chi connectivity index (χ4v) is 4.56. The van der Waals surface area contributed by atoms with Crippen molar-refractivity contribution in [1.29, 1.82) is 5.26 Å². The molecule has 1 aromatic carbocycles. The third-order valence-corrected chi connectivity index (χ3v) is 6.25. The van der Waals surface area contributed by atoms with Gasteiger partial charge in [-0.2, -0.15) is 14.8 Å². The normalized spacial score (nSPS) is 16.2. The smallest absolute Gasteiger partial charge is 0.243 e. The monoisotopic (exact) mass is 373 g/mol. The maximum Gasteiger partial charge on any atom is 0.243 e. The number of hydrogen-bond donors (Lipinski definition) is 2. The highest BCUT2D eigenvalue weighted by Gasteiger charge is 2.27. The molecule has 9 nitrogen and oxygen atoms in total. The summed E-state index contributed by atoms with van der Waals surface area (Å²) in [6.45, 7) is 2.88. The number of nitriles is 1. The number of sulfonamides is 1. The van der Waals surface area contributed by atoms with Crippen molar-refractivity contribution in [3.63, 3.8) is 0 Å². The van der Waals surface area contributed by atoms with E-state index in [2.05, 4.69) is 25.9 Å². The van der Waals surface area contributed by atoms with Crippen LogP contribution in [0.15, 0.2) is 29.3 Å². The Morgan fingerprint density at radius 2 is 2.12 bits per heavy atom. The summed E-state index contributed by atoms with van der Waals surface area (Å²) in [5, 5.41) is 25.3. The second kappa shape index (κ2) is 7.63. The van der Waals surface area contributed by atoms with Crippen LogP contribution in [0, 0.1) is 18.3 Å². The van der Waals surface area contributed by atoms with Gasteiger partial charge in [-0.1, -0.05) is 12.5 Å². The van der Waals surface area contributed by atoms with Crippen molar-refractivity contribution in [2.24, 2.45) is 0 Å². The number of aromatic nitrogens is 4. The molecule has 0 radical (unpaired) electrons. The van der Waals surface area contributed by atoms with Crippen molar-refractivity contribution in [1.82, 2.24) is 24.9 Å². The first-order valence-corrected chi connectivity index (χ1v) is 9.68. The predicted octanol–water partition coefficient (Wildman–Crippen LogP) is 1.66. The topological polar surface area (TPSA) is 128 Å². The molecule has 2 heterocycles. The van der Waals surface area contributed by atoms with Crippen molar-refractivity contribution in [2.75, 3.05) is 18.4 Å². The molecule has 26 heavy (non-hydrogen) atoms. The second-order valence-corrected chi connectivity index (χ2v) is 7.90. The zero-order valence-corrected chi connectivity index (χ0v) is 15.1. The lowest BCUT2D eigenvalue weighted by molar-refractivity contribution is 0.346. The number of nitrogens with one attached hydrogen (secondary N) is 2. The van der Waals surface area contributed by atoms with E-state index in [-0.39, 0.29) is 16.3 Å². The number of aromatic amines is 1. The van der Waals surface area contributed by atoms with Gasteiger partial charge in [0.25, 0.3) is 0 Å². The van der Waals surface area contributed by atoms with Crippen LogP contribution in [0.5, 0.6) is 0 Å². The van der Waals surface area contributed by atoms with Crippen molar-refractivity contribution in [3.05, 3.63) is 35.8 Å². The Balaban J connectivity index is 1.87. The highest BCUT2D eigenvalue weighted by Crippen LogP contribution is 2.26. The lowest BCUT2D eigenvalue weighted by atomic mass is 10.2. The molecule has 0 bridgehead atoms. The van der Waals surface area contributed by atoms with Crippen LogP contribution >= 0.6 is 0 Å². The molecule has 1 aliphatic rings. The molecule has 3 rings (SSSR count). The number of H-pyrrole nitrogens is 1. The Bertz CT molecular complexity index is 939. The minimum absolute atomic E-state index is 0.160. The van der Waals surface area contributed by atoms with Gasteiger partial charge in [-0.3, -0.25) is 0 Å². The zero-order chi connectivity index (χ0) is 18.6. The van der Waals surface area contributed by atoms with E-state index >= 15 is 0 Å². The highest BCUT2D eigenvalue weighted by molar-refractivity contribution is 7.89. The molecule has 2 N–H and O–H groups in total. The number of tetrazole rings is 1. The van der Waals surface area contributed by atoms with Crippen LogP contribution in [0.1, 0.15) is 30.7 Å². The molecule has 1 saturated heterocycles. The summed E-state index contributed by atoms with van der Waals surface area (Å²) in [7, 11) is -3.53. The lowest BCUT2D eigenvalue weighted by Gasteiger charge is -2.26. The Kier molecular flexibility index (Phi) is 5.29. The van der Waals surface area contributed by atoms with E-state index in [0.717, 1.165) is 19.3 Å². The van der Waals surface area contributed by atoms with Crippen LogP contribution in [0.25, 0.3) is 5.57 Å². The molecule has 1 fully saturated rings. The first-order chi connectivity index (χ1) is 12.5. The predicted molar refractivity (Wildman–Crippen MR) is 95.2 cm³/mol. The van der Waals surface area contributed by atoms with Gasteiger partial charge in [0.15, 0.2) is 0 Å². The fourth-order valence-electron chi connectivity index (χ4n) is 2.79. The van der Waals surface area contributed by atoms with Crippen molar-refractivity contribution in [2.45, 2.75) is 31.1 Å². The molecular weight excluding hydrogens is 354 g/mol. The van der Waals surface area contributed by atoms with Gasteiger partial charge in [-0.05, 0) is 42.7 Å². The first-order valence-electron chi connectivity index (χ1n) is 8.24. The van der Waals surface area contributed by atoms with Crippen LogP contribution in [0.3, 0.4) is 0 Å². The summed E-state index contributed by atoms with van der Waals surface area (Å²) < 4.78 is 27.4. The second-order valence-electron chi connectivity index (χ2n) is 5.99. The Morgan fingerprint density at radius 3 is 2.77 bits per heavy atom. The Morgan fingerprint density at radius 1 is 1.35 bits per heavy atom. The molecule has 1 aromatic heterocycles. The van der Waals surface area contributed by atoms with Crippen LogP contribution in [-0.4, -0.2) is 46.4 Å². The molecule has 0 unspecified atom stereocenters. The lowest BCUT2D eigenvalue weighted by Crippen LogP contribution is -2.35. The van der Waals surface area contributed by atoms with Gasteiger partial charge >= 0.3 is 0 Å². The fraction of sp³-hybridized carbons (Fsp3) is 0.375. The minimum atomic E-state index is -3.53. The van der Waals surface area contributed by atoms with Crippen molar-refractivity contribution >= 4 is 21.3 Å². The summed E-state index contributed by atoms with van der Waals surface area (Å²) in [6.07, 6.45) is 4.25. The third kappa shape index (κ3) is 3.74. The average Bonchev–Trinajstić information content (AvgIpc) is 3.18. The van der Waals surface area contributed by atoms with Crippen LogP contribution in [0.2, 0.25) is 0 Å². The van der Waals surface area contributed by atoms with E-state index in [1.165, 1.54) is 6.20 Å². The summed E-state index contributed by atoms with van der Waals surface area (Å²) in [5.74, 6) is 0.160. The van der Waals surface area contributed by atoms with E-state index in [4.69, 9.17) is 0 Å². The van der Waals surface area contributed by atoms with Crippen LogP contribution in [0.4, 0.5) is 5.69 Å². The maximum absolute atomic E-state index is 12.9. The van der Waals surface area contributed by atoms with E-state index in [1.54, 1.807) is 29.4 Å². The number of hydrogen-bond acceptors (Lipinski definition) is 7. The molecule has 2 aromatic rings. The SMILES string of the molecule is Cc1ccc(NC=C(C#N)c2nn[nH]n2)cc1S(=O)(=O)N1CCCCC1. The molecule has 10 heteroatoms. The summed E-state index contributed by atoms with van der Waals surface area (Å²) >= 11 is 0. The van der Waals surface area contributed by atoms with Crippen LogP contribution < -0.4 is 5.32 Å². The van der Waals surface area contributed by atoms with E-state index in [0.29, 0.717) is 24.3 Å². The maximum atomic E-state index is 12.9. The van der Waals surface area contributed by atoms with E-state index in [9.17, 15) is 13.7 Å². The van der Waals surface area contributed by atoms with Crippen molar-refractivity contribution in [3.8, 4) is 6.07 Å². The van der Waals surface area contributed by atoms with Crippen molar-refractivity contribution < 1.29 is 8.42 Å². The number of aryl methyl sites for hydroxylation is 1. The molecule has 0 aliphatic carbocycles. The summed E-state index contributed by atoms with van der Waals surface area (Å²) in [6, 6.07) is 7.05. The Labute approximate surface area is 151 Å². The summed E-state index contributed by atoms with van der Waals surface area (Å²) in [4.78, 5) is 0.274. The summed E-state index contributed by atoms with van der Waals surface area (Å²) in [5.41, 5.74) is 1.42. The van der Waals surface area contributed by atoms with Gasteiger partial charge in [0.05, 0.1) is 4.90 Å². The highest BCUT2D eigenvalue weighted by atomic mass is 32.2. The number of rotatable bonds is 5. The van der Waals surface area contributed by atoms with Gasteiger partial charge in [-0.15, -0.1) is 10.2 Å². The number of nitrogens with zero attached hydrogens (tertiary/aromatic N) is 5. The zero-order valence-electron chi connectivity index (χ0n) is 14.3. The van der Waals surface area contributed by atoms with Gasteiger partial charge in [0.1, 0.15) is 11.6 Å². The van der Waals surface area contributed by atoms with E-state index < -0.39 is 10.0 Å². The quantitative estimate of drug-likeness (QED) is 0.763. The third-order valence-electron chi connectivity index (χ3n) is 4.21. The molecule has 0 spiro atoms. The van der Waals surface area contributed by atoms with Gasteiger partial charge in [0, 0.05) is 25.0 Å². The Hall–Kier alpha value is -2.77. The number of piperidine rings is 1. The largest absolute Gasteiger partial charge is 0.360 e. The standard InChI is InChI=1S/C16H19N7O2S/c1-12-5-6-14(18-11-13(10-17)16-19-21-22-20-16)9-15(12)26(24,25)23-7-3-2-4-8-23/h5-6,9,11,18H,2-4,7-8H2,1H3,(H,19,20,21,22). The molecule has 0 saturated carbocycles. The molecule has 0 amide bonds. The van der Waals surface area contributed by atoms with Gasteiger partial charge in [-0.25, -0.2) is 8.42 Å². The number of benzene rings is 1. The first kappa shape index (κ1) is 18.0.